The summed E-state index contributed by atoms with van der Waals surface area (Å²) in [5.41, 5.74) is 2.98. The molecule has 2 aromatic carbocycles. The second kappa shape index (κ2) is 6.20. The van der Waals surface area contributed by atoms with E-state index in [4.69, 9.17) is 0 Å². The molecule has 0 spiro atoms. The molecule has 0 saturated heterocycles. The minimum atomic E-state index is -3.20. The van der Waals surface area contributed by atoms with E-state index in [1.54, 1.807) is 12.1 Å². The van der Waals surface area contributed by atoms with Crippen LogP contribution in [0.3, 0.4) is 0 Å². The number of hydrogen-bond donors (Lipinski definition) is 1. The van der Waals surface area contributed by atoms with Crippen LogP contribution < -0.4 is 5.32 Å². The minimum Gasteiger partial charge on any atom is -0.378 e. The van der Waals surface area contributed by atoms with Gasteiger partial charge in [0.1, 0.15) is 0 Å². The highest BCUT2D eigenvalue weighted by Gasteiger charge is 2.13. The summed E-state index contributed by atoms with van der Waals surface area (Å²) in [7, 11) is -3.20. The Balaban J connectivity index is 2.33. The molecular weight excluding hydrogens is 350 g/mol. The first-order valence-electron chi connectivity index (χ1n) is 6.60. The van der Waals surface area contributed by atoms with Crippen molar-refractivity contribution in [1.29, 1.82) is 0 Å². The van der Waals surface area contributed by atoms with Crippen molar-refractivity contribution in [1.82, 2.24) is 0 Å². The zero-order chi connectivity index (χ0) is 15.6. The molecule has 0 aliphatic rings. The molecule has 1 unspecified atom stereocenters. The van der Waals surface area contributed by atoms with Crippen molar-refractivity contribution in [3.8, 4) is 0 Å². The molecule has 2 aromatic rings. The third-order valence-electron chi connectivity index (χ3n) is 3.38. The van der Waals surface area contributed by atoms with Gasteiger partial charge in [-0.1, -0.05) is 40.2 Å². The van der Waals surface area contributed by atoms with Crippen molar-refractivity contribution in [3.63, 3.8) is 0 Å². The summed E-state index contributed by atoms with van der Waals surface area (Å²) in [6.45, 7) is 4.01. The predicted octanol–water partition coefficient (Wildman–Crippen LogP) is 4.33. The maximum atomic E-state index is 11.7. The molecule has 0 saturated carbocycles. The van der Waals surface area contributed by atoms with Crippen LogP contribution in [0.2, 0.25) is 0 Å². The molecule has 1 N–H and O–H groups in total. The Morgan fingerprint density at radius 2 is 1.81 bits per heavy atom. The van der Waals surface area contributed by atoms with Crippen molar-refractivity contribution >= 4 is 31.5 Å². The SMILES string of the molecule is Cc1ccc(S(C)(=O)=O)cc1NC(C)c1ccccc1Br. The first kappa shape index (κ1) is 16.0. The van der Waals surface area contributed by atoms with Crippen molar-refractivity contribution in [2.24, 2.45) is 0 Å². The Morgan fingerprint density at radius 3 is 2.43 bits per heavy atom. The molecule has 1 atom stereocenters. The molecule has 0 aromatic heterocycles. The van der Waals surface area contributed by atoms with Gasteiger partial charge < -0.3 is 5.32 Å². The Hall–Kier alpha value is -1.33. The van der Waals surface area contributed by atoms with Crippen LogP contribution >= 0.6 is 15.9 Å². The number of benzene rings is 2. The smallest absolute Gasteiger partial charge is 0.175 e. The summed E-state index contributed by atoms with van der Waals surface area (Å²) >= 11 is 3.54. The van der Waals surface area contributed by atoms with E-state index in [1.165, 1.54) is 6.26 Å². The summed E-state index contributed by atoms with van der Waals surface area (Å²) in [6, 6.07) is 13.2. The summed E-state index contributed by atoms with van der Waals surface area (Å²) in [4.78, 5) is 0.329. The summed E-state index contributed by atoms with van der Waals surface area (Å²) in [5.74, 6) is 0. The van der Waals surface area contributed by atoms with Crippen LogP contribution in [0.15, 0.2) is 51.8 Å². The van der Waals surface area contributed by atoms with E-state index in [0.717, 1.165) is 21.3 Å². The summed E-state index contributed by atoms with van der Waals surface area (Å²) in [5, 5.41) is 3.39. The van der Waals surface area contributed by atoms with Gasteiger partial charge >= 0.3 is 0 Å². The van der Waals surface area contributed by atoms with Crippen LogP contribution in [-0.2, 0) is 9.84 Å². The van der Waals surface area contributed by atoms with E-state index in [9.17, 15) is 8.42 Å². The topological polar surface area (TPSA) is 46.2 Å². The zero-order valence-electron chi connectivity index (χ0n) is 12.2. The number of nitrogens with one attached hydrogen (secondary N) is 1. The van der Waals surface area contributed by atoms with E-state index >= 15 is 0 Å². The third-order valence-corrected chi connectivity index (χ3v) is 5.21. The van der Waals surface area contributed by atoms with Gasteiger partial charge in [-0.25, -0.2) is 8.42 Å². The number of rotatable bonds is 4. The molecule has 0 amide bonds. The fourth-order valence-electron chi connectivity index (χ4n) is 2.12. The fraction of sp³-hybridized carbons (Fsp3) is 0.250. The maximum Gasteiger partial charge on any atom is 0.175 e. The zero-order valence-corrected chi connectivity index (χ0v) is 14.6. The molecule has 2 rings (SSSR count). The molecule has 0 radical (unpaired) electrons. The Labute approximate surface area is 134 Å². The monoisotopic (exact) mass is 367 g/mol. The van der Waals surface area contributed by atoms with Crippen molar-refractivity contribution in [2.45, 2.75) is 24.8 Å². The van der Waals surface area contributed by atoms with Crippen LogP contribution in [-0.4, -0.2) is 14.7 Å². The third kappa shape index (κ3) is 3.86. The molecule has 0 fully saturated rings. The van der Waals surface area contributed by atoms with Gasteiger partial charge in [-0.15, -0.1) is 0 Å². The highest BCUT2D eigenvalue weighted by atomic mass is 79.9. The van der Waals surface area contributed by atoms with Gasteiger partial charge in [0.05, 0.1) is 4.90 Å². The Kier molecular flexibility index (Phi) is 4.74. The molecule has 0 bridgehead atoms. The lowest BCUT2D eigenvalue weighted by molar-refractivity contribution is 0.602. The molecule has 112 valence electrons. The number of sulfone groups is 1. The quantitative estimate of drug-likeness (QED) is 0.874. The van der Waals surface area contributed by atoms with Crippen molar-refractivity contribution in [2.75, 3.05) is 11.6 Å². The normalized spacial score (nSPS) is 13.0. The molecule has 0 heterocycles. The second-order valence-electron chi connectivity index (χ2n) is 5.14. The van der Waals surface area contributed by atoms with Crippen LogP contribution in [0.5, 0.6) is 0 Å². The first-order valence-corrected chi connectivity index (χ1v) is 9.29. The maximum absolute atomic E-state index is 11.7. The van der Waals surface area contributed by atoms with Crippen LogP contribution in [0, 0.1) is 6.92 Å². The summed E-state index contributed by atoms with van der Waals surface area (Å²) < 4.78 is 24.4. The standard InChI is InChI=1S/C16H18BrNO2S/c1-11-8-9-13(21(3,19)20)10-16(11)18-12(2)14-6-4-5-7-15(14)17/h4-10,12,18H,1-3H3. The van der Waals surface area contributed by atoms with E-state index < -0.39 is 9.84 Å². The van der Waals surface area contributed by atoms with E-state index in [1.807, 2.05) is 44.2 Å². The van der Waals surface area contributed by atoms with Crippen LogP contribution in [0.4, 0.5) is 5.69 Å². The van der Waals surface area contributed by atoms with Crippen molar-refractivity contribution in [3.05, 3.63) is 58.1 Å². The molecular formula is C16H18BrNO2S. The fourth-order valence-corrected chi connectivity index (χ4v) is 3.40. The number of hydrogen-bond acceptors (Lipinski definition) is 3. The lowest BCUT2D eigenvalue weighted by atomic mass is 10.1. The average molecular weight is 368 g/mol. The van der Waals surface area contributed by atoms with Gasteiger partial charge in [-0.3, -0.25) is 0 Å². The first-order chi connectivity index (χ1) is 9.79. The highest BCUT2D eigenvalue weighted by molar-refractivity contribution is 9.10. The van der Waals surface area contributed by atoms with Crippen LogP contribution in [0.1, 0.15) is 24.1 Å². The van der Waals surface area contributed by atoms with E-state index in [0.29, 0.717) is 4.90 Å². The molecule has 21 heavy (non-hydrogen) atoms. The second-order valence-corrected chi connectivity index (χ2v) is 8.01. The van der Waals surface area contributed by atoms with Gasteiger partial charge in [0.25, 0.3) is 0 Å². The van der Waals surface area contributed by atoms with Gasteiger partial charge in [0.2, 0.25) is 0 Å². The van der Waals surface area contributed by atoms with Gasteiger partial charge in [-0.2, -0.15) is 0 Å². The lowest BCUT2D eigenvalue weighted by Crippen LogP contribution is -2.09. The average Bonchev–Trinajstić information content (AvgIpc) is 2.40. The molecule has 3 nitrogen and oxygen atoms in total. The Bertz CT molecular complexity index is 757. The number of halogens is 1. The number of aryl methyl sites for hydroxylation is 1. The summed E-state index contributed by atoms with van der Waals surface area (Å²) in [6.07, 6.45) is 1.22. The number of anilines is 1. The van der Waals surface area contributed by atoms with Gasteiger partial charge in [0.15, 0.2) is 9.84 Å². The Morgan fingerprint density at radius 1 is 1.14 bits per heavy atom. The predicted molar refractivity (Wildman–Crippen MR) is 90.5 cm³/mol. The molecule has 0 aliphatic carbocycles. The van der Waals surface area contributed by atoms with Crippen LogP contribution in [0.25, 0.3) is 0 Å². The lowest BCUT2D eigenvalue weighted by Gasteiger charge is -2.19. The van der Waals surface area contributed by atoms with E-state index in [2.05, 4.69) is 21.2 Å². The highest BCUT2D eigenvalue weighted by Crippen LogP contribution is 2.28. The van der Waals surface area contributed by atoms with Gasteiger partial charge in [-0.05, 0) is 43.2 Å². The molecule has 0 aliphatic heterocycles. The van der Waals surface area contributed by atoms with Gasteiger partial charge in [0, 0.05) is 22.5 Å². The van der Waals surface area contributed by atoms with E-state index in [-0.39, 0.29) is 6.04 Å². The molecule has 5 heteroatoms. The van der Waals surface area contributed by atoms with Crippen molar-refractivity contribution < 1.29 is 8.42 Å². The largest absolute Gasteiger partial charge is 0.378 e. The minimum absolute atomic E-state index is 0.0640.